The lowest BCUT2D eigenvalue weighted by atomic mass is 10.1. The number of hydrogen-bond donors (Lipinski definition) is 1. The van der Waals surface area contributed by atoms with Gasteiger partial charge in [0.05, 0.1) is 12.2 Å². The maximum absolute atomic E-state index is 12.6. The zero-order valence-electron chi connectivity index (χ0n) is 13.7. The van der Waals surface area contributed by atoms with Crippen molar-refractivity contribution in [1.29, 1.82) is 0 Å². The van der Waals surface area contributed by atoms with Crippen LogP contribution in [0.15, 0.2) is 42.7 Å². The maximum atomic E-state index is 12.6. The highest BCUT2D eigenvalue weighted by molar-refractivity contribution is 5.94. The van der Waals surface area contributed by atoms with E-state index in [1.807, 2.05) is 41.4 Å². The molecule has 0 unspecified atom stereocenters. The van der Waals surface area contributed by atoms with Crippen molar-refractivity contribution in [3.05, 3.63) is 48.3 Å². The molecule has 0 radical (unpaired) electrons. The molecule has 1 saturated heterocycles. The fraction of sp³-hybridized carbons (Fsp3) is 0.353. The molecule has 0 spiro atoms. The third kappa shape index (κ3) is 3.62. The van der Waals surface area contributed by atoms with Crippen molar-refractivity contribution >= 4 is 11.8 Å². The molecule has 24 heavy (non-hydrogen) atoms. The van der Waals surface area contributed by atoms with Gasteiger partial charge in [-0.05, 0) is 30.3 Å². The number of amides is 2. The third-order valence-corrected chi connectivity index (χ3v) is 4.19. The van der Waals surface area contributed by atoms with Crippen LogP contribution in [0.25, 0.3) is 5.69 Å². The Morgan fingerprint density at radius 2 is 1.83 bits per heavy atom. The van der Waals surface area contributed by atoms with Crippen molar-refractivity contribution in [2.75, 3.05) is 39.8 Å². The van der Waals surface area contributed by atoms with Gasteiger partial charge in [-0.25, -0.2) is 4.68 Å². The number of nitrogens with one attached hydrogen (secondary N) is 1. The number of rotatable bonds is 4. The number of carbonyl (C=O) groups is 2. The van der Waals surface area contributed by atoms with Crippen molar-refractivity contribution in [2.24, 2.45) is 0 Å². The highest BCUT2D eigenvalue weighted by atomic mass is 16.2. The highest BCUT2D eigenvalue weighted by Crippen LogP contribution is 2.12. The largest absolute Gasteiger partial charge is 0.358 e. The van der Waals surface area contributed by atoms with Gasteiger partial charge in [-0.2, -0.15) is 5.10 Å². The molecule has 0 saturated carbocycles. The summed E-state index contributed by atoms with van der Waals surface area (Å²) < 4.78 is 1.76. The van der Waals surface area contributed by atoms with Crippen LogP contribution in [0.4, 0.5) is 0 Å². The minimum Gasteiger partial charge on any atom is -0.358 e. The zero-order chi connectivity index (χ0) is 16.9. The van der Waals surface area contributed by atoms with E-state index in [1.54, 1.807) is 17.9 Å². The van der Waals surface area contributed by atoms with Gasteiger partial charge in [-0.15, -0.1) is 0 Å². The van der Waals surface area contributed by atoms with Crippen LogP contribution in [0.5, 0.6) is 0 Å². The van der Waals surface area contributed by atoms with Gasteiger partial charge in [0, 0.05) is 51.2 Å². The molecular weight excluding hydrogens is 306 g/mol. The summed E-state index contributed by atoms with van der Waals surface area (Å²) in [7, 11) is 1.63. The average Bonchev–Trinajstić information content (AvgIpc) is 3.16. The molecule has 2 heterocycles. The van der Waals surface area contributed by atoms with Crippen LogP contribution in [0.2, 0.25) is 0 Å². The number of piperazine rings is 1. The van der Waals surface area contributed by atoms with Gasteiger partial charge >= 0.3 is 0 Å². The molecule has 7 nitrogen and oxygen atoms in total. The summed E-state index contributed by atoms with van der Waals surface area (Å²) in [6, 6.07) is 9.30. The van der Waals surface area contributed by atoms with E-state index < -0.39 is 0 Å². The van der Waals surface area contributed by atoms with E-state index in [9.17, 15) is 9.59 Å². The second-order valence-electron chi connectivity index (χ2n) is 5.74. The molecule has 1 aliphatic heterocycles. The van der Waals surface area contributed by atoms with E-state index in [0.29, 0.717) is 38.3 Å². The Bertz CT molecular complexity index is 688. The average molecular weight is 327 g/mol. The van der Waals surface area contributed by atoms with Gasteiger partial charge in [0.1, 0.15) is 0 Å². The summed E-state index contributed by atoms with van der Waals surface area (Å²) in [4.78, 5) is 27.9. The van der Waals surface area contributed by atoms with Crippen molar-refractivity contribution in [1.82, 2.24) is 24.9 Å². The first kappa shape index (κ1) is 16.2. The number of benzene rings is 1. The summed E-state index contributed by atoms with van der Waals surface area (Å²) in [5.74, 6) is 0.0330. The normalized spacial score (nSPS) is 15.3. The van der Waals surface area contributed by atoms with E-state index in [-0.39, 0.29) is 11.8 Å². The fourth-order valence-electron chi connectivity index (χ4n) is 2.75. The zero-order valence-corrected chi connectivity index (χ0v) is 13.7. The smallest absolute Gasteiger partial charge is 0.253 e. The summed E-state index contributed by atoms with van der Waals surface area (Å²) in [6.45, 7) is 3.08. The summed E-state index contributed by atoms with van der Waals surface area (Å²) in [5.41, 5.74) is 1.60. The molecule has 7 heteroatoms. The van der Waals surface area contributed by atoms with E-state index in [4.69, 9.17) is 0 Å². The Kier molecular flexibility index (Phi) is 4.90. The van der Waals surface area contributed by atoms with Crippen LogP contribution in [-0.4, -0.2) is 71.2 Å². The van der Waals surface area contributed by atoms with Gasteiger partial charge in [0.15, 0.2) is 0 Å². The Hall–Kier alpha value is -2.67. The third-order valence-electron chi connectivity index (χ3n) is 4.19. The number of hydrogen-bond acceptors (Lipinski definition) is 4. The van der Waals surface area contributed by atoms with Gasteiger partial charge in [-0.3, -0.25) is 14.5 Å². The monoisotopic (exact) mass is 327 g/mol. The minimum atomic E-state index is 0.00369. The molecule has 3 rings (SSSR count). The number of aromatic nitrogens is 2. The first-order valence-electron chi connectivity index (χ1n) is 7.99. The standard InChI is InChI=1S/C17H21N5O2/c1-18-16(23)13-20-9-11-21(12-10-20)17(24)14-3-5-15(6-4-14)22-8-2-7-19-22/h2-8H,9-13H2,1H3,(H,18,23). The molecule has 1 aliphatic rings. The quantitative estimate of drug-likeness (QED) is 0.881. The minimum absolute atomic E-state index is 0.00369. The van der Waals surface area contributed by atoms with Crippen LogP contribution >= 0.6 is 0 Å². The molecule has 2 aromatic rings. The van der Waals surface area contributed by atoms with Crippen LogP contribution < -0.4 is 5.32 Å². The topological polar surface area (TPSA) is 70.5 Å². The second kappa shape index (κ2) is 7.27. The number of likely N-dealkylation sites (N-methyl/N-ethyl adjacent to an activating group) is 1. The maximum Gasteiger partial charge on any atom is 0.253 e. The summed E-state index contributed by atoms with van der Waals surface area (Å²) in [6.07, 6.45) is 3.58. The van der Waals surface area contributed by atoms with Gasteiger partial charge in [-0.1, -0.05) is 0 Å². The molecule has 0 aliphatic carbocycles. The fourth-order valence-corrected chi connectivity index (χ4v) is 2.75. The number of carbonyl (C=O) groups excluding carboxylic acids is 2. The first-order chi connectivity index (χ1) is 11.7. The molecule has 0 atom stereocenters. The summed E-state index contributed by atoms with van der Waals surface area (Å²) >= 11 is 0. The Morgan fingerprint density at radius 3 is 2.42 bits per heavy atom. The van der Waals surface area contributed by atoms with E-state index in [0.717, 1.165) is 5.69 Å². The van der Waals surface area contributed by atoms with Crippen LogP contribution in [0.1, 0.15) is 10.4 Å². The molecule has 2 amide bonds. The molecule has 1 fully saturated rings. The number of nitrogens with zero attached hydrogens (tertiary/aromatic N) is 4. The second-order valence-corrected chi connectivity index (χ2v) is 5.74. The lowest BCUT2D eigenvalue weighted by Crippen LogP contribution is -2.50. The van der Waals surface area contributed by atoms with Crippen LogP contribution in [0.3, 0.4) is 0 Å². The predicted molar refractivity (Wildman–Crippen MR) is 90.0 cm³/mol. The van der Waals surface area contributed by atoms with Gasteiger partial charge in [0.2, 0.25) is 5.91 Å². The van der Waals surface area contributed by atoms with Gasteiger partial charge < -0.3 is 10.2 Å². The Labute approximate surface area is 140 Å². The summed E-state index contributed by atoms with van der Waals surface area (Å²) in [5, 5.41) is 6.79. The SMILES string of the molecule is CNC(=O)CN1CCN(C(=O)c2ccc(-n3cccn3)cc2)CC1. The van der Waals surface area contributed by atoms with Crippen molar-refractivity contribution < 1.29 is 9.59 Å². The van der Waals surface area contributed by atoms with E-state index in [1.165, 1.54) is 0 Å². The van der Waals surface area contributed by atoms with Gasteiger partial charge in [0.25, 0.3) is 5.91 Å². The van der Waals surface area contributed by atoms with E-state index >= 15 is 0 Å². The van der Waals surface area contributed by atoms with Crippen LogP contribution in [0, 0.1) is 0 Å². The molecule has 1 aromatic heterocycles. The Morgan fingerprint density at radius 1 is 1.12 bits per heavy atom. The van der Waals surface area contributed by atoms with E-state index in [2.05, 4.69) is 15.3 Å². The molecule has 1 N–H and O–H groups in total. The first-order valence-corrected chi connectivity index (χ1v) is 7.99. The van der Waals surface area contributed by atoms with Crippen molar-refractivity contribution in [3.63, 3.8) is 0 Å². The molecule has 126 valence electrons. The molecular formula is C17H21N5O2. The predicted octanol–water partition coefficient (Wildman–Crippen LogP) is 0.376. The van der Waals surface area contributed by atoms with Crippen LogP contribution in [-0.2, 0) is 4.79 Å². The lowest BCUT2D eigenvalue weighted by molar-refractivity contribution is -0.122. The molecule has 1 aromatic carbocycles. The van der Waals surface area contributed by atoms with Crippen molar-refractivity contribution in [2.45, 2.75) is 0 Å². The Balaban J connectivity index is 1.58. The highest BCUT2D eigenvalue weighted by Gasteiger charge is 2.23. The molecule has 0 bridgehead atoms. The van der Waals surface area contributed by atoms with Crippen molar-refractivity contribution in [3.8, 4) is 5.69 Å². The lowest BCUT2D eigenvalue weighted by Gasteiger charge is -2.34.